The lowest BCUT2D eigenvalue weighted by atomic mass is 10.2. The van der Waals surface area contributed by atoms with E-state index in [1.165, 1.54) is 6.20 Å². The van der Waals surface area contributed by atoms with Crippen LogP contribution in [0.25, 0.3) is 0 Å². The highest BCUT2D eigenvalue weighted by Crippen LogP contribution is 2.22. The first-order valence-corrected chi connectivity index (χ1v) is 5.83. The van der Waals surface area contributed by atoms with Crippen LogP contribution in [0.3, 0.4) is 0 Å². The van der Waals surface area contributed by atoms with Crippen molar-refractivity contribution in [3.63, 3.8) is 0 Å². The minimum atomic E-state index is -0.495. The monoisotopic (exact) mass is 261 g/mol. The molecule has 0 aliphatic carbocycles. The molecule has 0 saturated carbocycles. The van der Waals surface area contributed by atoms with Crippen molar-refractivity contribution in [3.8, 4) is 0 Å². The van der Waals surface area contributed by atoms with Crippen LogP contribution in [-0.2, 0) is 13.6 Å². The number of hydrogen-bond acceptors (Lipinski definition) is 5. The Hall–Kier alpha value is -2.44. The SMILES string of the molecule is Cc1nn(C)c(C)c1CNc1cccnc1[N+](=O)[O-]. The lowest BCUT2D eigenvalue weighted by Crippen LogP contribution is -2.05. The van der Waals surface area contributed by atoms with Gasteiger partial charge in [0.2, 0.25) is 0 Å². The molecule has 0 spiro atoms. The summed E-state index contributed by atoms with van der Waals surface area (Å²) in [5.74, 6) is -0.165. The fourth-order valence-corrected chi connectivity index (χ4v) is 1.94. The molecule has 0 radical (unpaired) electrons. The highest BCUT2D eigenvalue weighted by molar-refractivity contribution is 5.56. The van der Waals surface area contributed by atoms with E-state index in [1.54, 1.807) is 16.8 Å². The number of pyridine rings is 1. The zero-order valence-corrected chi connectivity index (χ0v) is 11.0. The molecule has 19 heavy (non-hydrogen) atoms. The van der Waals surface area contributed by atoms with Crippen LogP contribution in [0, 0.1) is 24.0 Å². The number of hydrogen-bond donors (Lipinski definition) is 1. The third-order valence-corrected chi connectivity index (χ3v) is 3.07. The van der Waals surface area contributed by atoms with E-state index in [0.717, 1.165) is 17.0 Å². The Morgan fingerprint density at radius 1 is 1.47 bits per heavy atom. The van der Waals surface area contributed by atoms with E-state index in [-0.39, 0.29) is 5.82 Å². The van der Waals surface area contributed by atoms with Gasteiger partial charge in [-0.3, -0.25) is 4.68 Å². The van der Waals surface area contributed by atoms with Crippen LogP contribution < -0.4 is 5.32 Å². The lowest BCUT2D eigenvalue weighted by molar-refractivity contribution is -0.388. The van der Waals surface area contributed by atoms with Crippen molar-refractivity contribution in [1.82, 2.24) is 14.8 Å². The fourth-order valence-electron chi connectivity index (χ4n) is 1.94. The molecule has 1 N–H and O–H groups in total. The molecule has 2 rings (SSSR count). The van der Waals surface area contributed by atoms with Crippen LogP contribution in [0.15, 0.2) is 18.3 Å². The van der Waals surface area contributed by atoms with E-state index in [0.29, 0.717) is 12.2 Å². The topological polar surface area (TPSA) is 85.9 Å². The number of aromatic nitrogens is 3. The first-order chi connectivity index (χ1) is 9.00. The number of nitrogens with zero attached hydrogens (tertiary/aromatic N) is 4. The summed E-state index contributed by atoms with van der Waals surface area (Å²) in [6.45, 7) is 4.37. The summed E-state index contributed by atoms with van der Waals surface area (Å²) >= 11 is 0. The van der Waals surface area contributed by atoms with Gasteiger partial charge in [-0.1, -0.05) is 0 Å². The molecule has 2 aromatic heterocycles. The van der Waals surface area contributed by atoms with E-state index in [4.69, 9.17) is 0 Å². The van der Waals surface area contributed by atoms with Gasteiger partial charge in [-0.05, 0) is 35.9 Å². The summed E-state index contributed by atoms with van der Waals surface area (Å²) < 4.78 is 1.80. The van der Waals surface area contributed by atoms with Crippen molar-refractivity contribution < 1.29 is 4.92 Å². The minimum absolute atomic E-state index is 0.165. The summed E-state index contributed by atoms with van der Waals surface area (Å²) in [5, 5.41) is 18.2. The number of nitrogens with one attached hydrogen (secondary N) is 1. The van der Waals surface area contributed by atoms with E-state index in [9.17, 15) is 10.1 Å². The van der Waals surface area contributed by atoms with Crippen molar-refractivity contribution in [1.29, 1.82) is 0 Å². The normalized spacial score (nSPS) is 10.5. The van der Waals surface area contributed by atoms with Gasteiger partial charge in [0, 0.05) is 24.8 Å². The predicted octanol–water partition coefficient (Wildman–Crippen LogP) is 1.95. The number of anilines is 1. The molecule has 0 aromatic carbocycles. The van der Waals surface area contributed by atoms with Crippen LogP contribution in [-0.4, -0.2) is 19.7 Å². The van der Waals surface area contributed by atoms with Gasteiger partial charge < -0.3 is 15.4 Å². The summed E-state index contributed by atoms with van der Waals surface area (Å²) in [6.07, 6.45) is 1.41. The summed E-state index contributed by atoms with van der Waals surface area (Å²) in [4.78, 5) is 14.1. The third kappa shape index (κ3) is 2.54. The number of aryl methyl sites for hydroxylation is 2. The smallest absolute Gasteiger partial charge is 0.374 e. The van der Waals surface area contributed by atoms with Crippen molar-refractivity contribution in [2.75, 3.05) is 5.32 Å². The molecular formula is C12H15N5O2. The van der Waals surface area contributed by atoms with Gasteiger partial charge in [0.25, 0.3) is 0 Å². The van der Waals surface area contributed by atoms with Gasteiger partial charge in [-0.15, -0.1) is 0 Å². The summed E-state index contributed by atoms with van der Waals surface area (Å²) in [6, 6.07) is 3.31. The zero-order chi connectivity index (χ0) is 14.0. The fraction of sp³-hybridized carbons (Fsp3) is 0.333. The van der Waals surface area contributed by atoms with Gasteiger partial charge in [0.1, 0.15) is 11.9 Å². The maximum Gasteiger partial charge on any atom is 0.386 e. The maximum atomic E-state index is 10.9. The highest BCUT2D eigenvalue weighted by Gasteiger charge is 2.15. The molecule has 7 nitrogen and oxygen atoms in total. The Kier molecular flexibility index (Phi) is 3.46. The quantitative estimate of drug-likeness (QED) is 0.671. The lowest BCUT2D eigenvalue weighted by Gasteiger charge is -2.06. The molecule has 0 aliphatic rings. The van der Waals surface area contributed by atoms with Gasteiger partial charge >= 0.3 is 5.82 Å². The second-order valence-electron chi connectivity index (χ2n) is 4.26. The molecule has 100 valence electrons. The Bertz CT molecular complexity index is 621. The molecule has 2 heterocycles. The molecule has 7 heteroatoms. The zero-order valence-electron chi connectivity index (χ0n) is 11.0. The molecule has 0 saturated heterocycles. The second kappa shape index (κ2) is 5.05. The first kappa shape index (κ1) is 13.0. The van der Waals surface area contributed by atoms with E-state index >= 15 is 0 Å². The van der Waals surface area contributed by atoms with Crippen LogP contribution in [0.1, 0.15) is 17.0 Å². The Morgan fingerprint density at radius 2 is 2.21 bits per heavy atom. The molecule has 0 atom stereocenters. The number of nitro groups is 1. The average molecular weight is 261 g/mol. The van der Waals surface area contributed by atoms with Crippen molar-refractivity contribution in [3.05, 3.63) is 45.4 Å². The predicted molar refractivity (Wildman–Crippen MR) is 70.9 cm³/mol. The highest BCUT2D eigenvalue weighted by atomic mass is 16.6. The largest absolute Gasteiger partial charge is 0.386 e. The maximum absolute atomic E-state index is 10.9. The molecule has 0 bridgehead atoms. The average Bonchev–Trinajstić information content (AvgIpc) is 2.61. The van der Waals surface area contributed by atoms with Gasteiger partial charge in [-0.25, -0.2) is 0 Å². The van der Waals surface area contributed by atoms with E-state index < -0.39 is 4.92 Å². The van der Waals surface area contributed by atoms with Crippen molar-refractivity contribution in [2.45, 2.75) is 20.4 Å². The van der Waals surface area contributed by atoms with Crippen molar-refractivity contribution >= 4 is 11.5 Å². The Morgan fingerprint density at radius 3 is 2.79 bits per heavy atom. The van der Waals surface area contributed by atoms with E-state index in [1.807, 2.05) is 20.9 Å². The summed E-state index contributed by atoms with van der Waals surface area (Å²) in [7, 11) is 1.87. The Balaban J connectivity index is 2.22. The molecule has 0 aliphatic heterocycles. The molecule has 0 fully saturated rings. The van der Waals surface area contributed by atoms with E-state index in [2.05, 4.69) is 15.4 Å². The molecular weight excluding hydrogens is 246 g/mol. The first-order valence-electron chi connectivity index (χ1n) is 5.83. The van der Waals surface area contributed by atoms with Gasteiger partial charge in [0.05, 0.1) is 5.69 Å². The Labute approximate surface area is 110 Å². The van der Waals surface area contributed by atoms with Gasteiger partial charge in [0.15, 0.2) is 0 Å². The van der Waals surface area contributed by atoms with Crippen LogP contribution in [0.2, 0.25) is 0 Å². The number of rotatable bonds is 4. The molecule has 2 aromatic rings. The summed E-state index contributed by atoms with van der Waals surface area (Å²) in [5.41, 5.74) is 3.41. The van der Waals surface area contributed by atoms with Crippen LogP contribution in [0.4, 0.5) is 11.5 Å². The van der Waals surface area contributed by atoms with Gasteiger partial charge in [-0.2, -0.15) is 5.10 Å². The molecule has 0 amide bonds. The van der Waals surface area contributed by atoms with Crippen LogP contribution in [0.5, 0.6) is 0 Å². The minimum Gasteiger partial charge on any atom is -0.374 e. The van der Waals surface area contributed by atoms with Crippen molar-refractivity contribution in [2.24, 2.45) is 7.05 Å². The molecule has 0 unspecified atom stereocenters. The third-order valence-electron chi connectivity index (χ3n) is 3.07. The van der Waals surface area contributed by atoms with Crippen LogP contribution >= 0.6 is 0 Å². The standard InChI is InChI=1S/C12H15N5O2/c1-8-10(9(2)16(3)15-8)7-14-11-5-4-6-13-12(11)17(18)19/h4-6,14H,7H2,1-3H3. The second-order valence-corrected chi connectivity index (χ2v) is 4.26.